The van der Waals surface area contributed by atoms with Gasteiger partial charge in [0.05, 0.1) is 12.3 Å². The van der Waals surface area contributed by atoms with Crippen LogP contribution in [0.25, 0.3) is 0 Å². The molecule has 1 aromatic carbocycles. The lowest BCUT2D eigenvalue weighted by Gasteiger charge is -2.21. The number of hydrogen-bond donors (Lipinski definition) is 1. The predicted molar refractivity (Wildman–Crippen MR) is 74.9 cm³/mol. The third kappa shape index (κ3) is 2.20. The number of benzene rings is 1. The van der Waals surface area contributed by atoms with Crippen molar-refractivity contribution in [1.82, 2.24) is 5.32 Å². The molecule has 0 saturated carbocycles. The lowest BCUT2D eigenvalue weighted by Crippen LogP contribution is -2.29. The standard InChI is InChI=1S/C15H17NOS/c1-2-16-15(12-7-5-9-17-12)14-10-11-6-3-4-8-13(11)18-14/h3-9,14-16H,2,10H2,1H3. The molecule has 0 fully saturated rings. The van der Waals surface area contributed by atoms with Crippen LogP contribution < -0.4 is 5.32 Å². The SMILES string of the molecule is CCNC(c1ccco1)C1Cc2ccccc2S1. The summed E-state index contributed by atoms with van der Waals surface area (Å²) in [5, 5.41) is 4.07. The average molecular weight is 259 g/mol. The Kier molecular flexibility index (Phi) is 3.43. The molecule has 2 nitrogen and oxygen atoms in total. The Morgan fingerprint density at radius 2 is 2.22 bits per heavy atom. The highest BCUT2D eigenvalue weighted by Gasteiger charge is 2.31. The normalized spacial score (nSPS) is 19.7. The highest BCUT2D eigenvalue weighted by molar-refractivity contribution is 8.00. The summed E-state index contributed by atoms with van der Waals surface area (Å²) in [6.45, 7) is 3.10. The van der Waals surface area contributed by atoms with Crippen molar-refractivity contribution in [2.45, 2.75) is 29.5 Å². The molecule has 0 bridgehead atoms. The molecule has 0 saturated heterocycles. The van der Waals surface area contributed by atoms with E-state index >= 15 is 0 Å². The van der Waals surface area contributed by atoms with Gasteiger partial charge in [-0.2, -0.15) is 0 Å². The summed E-state index contributed by atoms with van der Waals surface area (Å²) in [6.07, 6.45) is 2.87. The predicted octanol–water partition coefficient (Wildman–Crippen LogP) is 3.65. The molecule has 2 unspecified atom stereocenters. The maximum Gasteiger partial charge on any atom is 0.121 e. The topological polar surface area (TPSA) is 25.2 Å². The first kappa shape index (κ1) is 11.9. The van der Waals surface area contributed by atoms with Crippen LogP contribution in [0.4, 0.5) is 0 Å². The van der Waals surface area contributed by atoms with Crippen LogP contribution in [-0.2, 0) is 6.42 Å². The molecule has 2 heterocycles. The van der Waals surface area contributed by atoms with Crippen molar-refractivity contribution in [3.05, 3.63) is 54.0 Å². The van der Waals surface area contributed by atoms with Gasteiger partial charge in [-0.3, -0.25) is 0 Å². The molecule has 0 spiro atoms. The van der Waals surface area contributed by atoms with Crippen molar-refractivity contribution >= 4 is 11.8 Å². The van der Waals surface area contributed by atoms with Gasteiger partial charge in [0.25, 0.3) is 0 Å². The molecular weight excluding hydrogens is 242 g/mol. The molecule has 3 heteroatoms. The molecular formula is C15H17NOS. The largest absolute Gasteiger partial charge is 0.468 e. The van der Waals surface area contributed by atoms with Crippen molar-refractivity contribution < 1.29 is 4.42 Å². The van der Waals surface area contributed by atoms with Gasteiger partial charge in [0.15, 0.2) is 0 Å². The van der Waals surface area contributed by atoms with Gasteiger partial charge in [-0.15, -0.1) is 11.8 Å². The number of thioether (sulfide) groups is 1. The Hall–Kier alpha value is -1.19. The highest BCUT2D eigenvalue weighted by atomic mass is 32.2. The summed E-state index contributed by atoms with van der Waals surface area (Å²) >= 11 is 1.96. The monoisotopic (exact) mass is 259 g/mol. The molecule has 0 amide bonds. The van der Waals surface area contributed by atoms with E-state index in [4.69, 9.17) is 4.42 Å². The van der Waals surface area contributed by atoms with Crippen LogP contribution in [0.3, 0.4) is 0 Å². The van der Waals surface area contributed by atoms with E-state index in [2.05, 4.69) is 42.6 Å². The summed E-state index contributed by atoms with van der Waals surface area (Å²) in [6, 6.07) is 13.0. The summed E-state index contributed by atoms with van der Waals surface area (Å²) in [4.78, 5) is 1.41. The van der Waals surface area contributed by atoms with Gasteiger partial charge < -0.3 is 9.73 Å². The fourth-order valence-corrected chi connectivity index (χ4v) is 3.91. The molecule has 0 radical (unpaired) electrons. The first-order valence-corrected chi connectivity index (χ1v) is 7.28. The number of hydrogen-bond acceptors (Lipinski definition) is 3. The third-order valence-corrected chi connectivity index (χ3v) is 4.71. The van der Waals surface area contributed by atoms with Gasteiger partial charge in [0, 0.05) is 10.1 Å². The molecule has 94 valence electrons. The number of furan rings is 1. The lowest BCUT2D eigenvalue weighted by atomic mass is 10.0. The van der Waals surface area contributed by atoms with Crippen molar-refractivity contribution in [1.29, 1.82) is 0 Å². The van der Waals surface area contributed by atoms with E-state index < -0.39 is 0 Å². The fourth-order valence-electron chi connectivity index (χ4n) is 2.50. The minimum Gasteiger partial charge on any atom is -0.468 e. The quantitative estimate of drug-likeness (QED) is 0.907. The van der Waals surface area contributed by atoms with Crippen LogP contribution in [-0.4, -0.2) is 11.8 Å². The van der Waals surface area contributed by atoms with E-state index in [1.54, 1.807) is 6.26 Å². The van der Waals surface area contributed by atoms with Gasteiger partial charge >= 0.3 is 0 Å². The van der Waals surface area contributed by atoms with E-state index in [0.717, 1.165) is 18.7 Å². The molecule has 0 aliphatic carbocycles. The first-order valence-electron chi connectivity index (χ1n) is 6.40. The number of rotatable bonds is 4. The number of nitrogens with one attached hydrogen (secondary N) is 1. The van der Waals surface area contributed by atoms with Crippen LogP contribution in [0, 0.1) is 0 Å². The second-order valence-corrected chi connectivity index (χ2v) is 5.80. The minimum absolute atomic E-state index is 0.294. The van der Waals surface area contributed by atoms with E-state index in [-0.39, 0.29) is 0 Å². The first-order chi connectivity index (χ1) is 8.88. The van der Waals surface area contributed by atoms with Gasteiger partial charge in [0.2, 0.25) is 0 Å². The summed E-state index contributed by atoms with van der Waals surface area (Å²) < 4.78 is 5.58. The van der Waals surface area contributed by atoms with Crippen molar-refractivity contribution in [3.63, 3.8) is 0 Å². The summed E-state index contributed by atoms with van der Waals surface area (Å²) in [5.74, 6) is 1.04. The van der Waals surface area contributed by atoms with Gasteiger partial charge in [-0.1, -0.05) is 25.1 Å². The van der Waals surface area contributed by atoms with Crippen LogP contribution in [0.5, 0.6) is 0 Å². The molecule has 1 aliphatic rings. The average Bonchev–Trinajstić information content (AvgIpc) is 3.04. The minimum atomic E-state index is 0.294. The third-order valence-electron chi connectivity index (χ3n) is 3.32. The zero-order valence-electron chi connectivity index (χ0n) is 10.4. The Balaban J connectivity index is 1.82. The van der Waals surface area contributed by atoms with Gasteiger partial charge in [0.1, 0.15) is 5.76 Å². The van der Waals surface area contributed by atoms with Crippen LogP contribution in [0.15, 0.2) is 52.0 Å². The molecule has 2 atom stereocenters. The summed E-state index contributed by atoms with van der Waals surface area (Å²) in [7, 11) is 0. The smallest absolute Gasteiger partial charge is 0.121 e. The van der Waals surface area contributed by atoms with Crippen molar-refractivity contribution in [2.24, 2.45) is 0 Å². The van der Waals surface area contributed by atoms with E-state index in [0.29, 0.717) is 11.3 Å². The van der Waals surface area contributed by atoms with Crippen LogP contribution in [0.1, 0.15) is 24.3 Å². The maximum atomic E-state index is 5.58. The van der Waals surface area contributed by atoms with Crippen LogP contribution >= 0.6 is 11.8 Å². The van der Waals surface area contributed by atoms with Crippen molar-refractivity contribution in [2.75, 3.05) is 6.54 Å². The van der Waals surface area contributed by atoms with Gasteiger partial charge in [-0.25, -0.2) is 0 Å². The highest BCUT2D eigenvalue weighted by Crippen LogP contribution is 2.42. The van der Waals surface area contributed by atoms with Crippen LogP contribution in [0.2, 0.25) is 0 Å². The fraction of sp³-hybridized carbons (Fsp3) is 0.333. The molecule has 1 N–H and O–H groups in total. The second-order valence-electron chi connectivity index (χ2n) is 4.52. The molecule has 3 rings (SSSR count). The van der Waals surface area contributed by atoms with E-state index in [1.165, 1.54) is 10.5 Å². The Bertz CT molecular complexity index is 484. The zero-order chi connectivity index (χ0) is 12.4. The number of fused-ring (bicyclic) bond motifs is 1. The zero-order valence-corrected chi connectivity index (χ0v) is 11.2. The Morgan fingerprint density at radius 3 is 2.94 bits per heavy atom. The maximum absolute atomic E-state index is 5.58. The molecule has 1 aromatic heterocycles. The Labute approximate surface area is 112 Å². The molecule has 2 aromatic rings. The van der Waals surface area contributed by atoms with E-state index in [1.807, 2.05) is 17.8 Å². The summed E-state index contributed by atoms with van der Waals surface area (Å²) in [5.41, 5.74) is 1.46. The second kappa shape index (κ2) is 5.21. The molecule has 1 aliphatic heterocycles. The van der Waals surface area contributed by atoms with E-state index in [9.17, 15) is 0 Å². The Morgan fingerprint density at radius 1 is 1.33 bits per heavy atom. The van der Waals surface area contributed by atoms with Crippen molar-refractivity contribution in [3.8, 4) is 0 Å². The lowest BCUT2D eigenvalue weighted by molar-refractivity contribution is 0.410. The molecule has 18 heavy (non-hydrogen) atoms. The van der Waals surface area contributed by atoms with Gasteiger partial charge in [-0.05, 0) is 36.7 Å².